The third-order valence-electron chi connectivity index (χ3n) is 2.93. The molecule has 0 spiro atoms. The monoisotopic (exact) mass is 267 g/mol. The number of halogens is 2. The highest BCUT2D eigenvalue weighted by atomic mass is 35.5. The third kappa shape index (κ3) is 1.97. The molecule has 1 aliphatic heterocycles. The van der Waals surface area contributed by atoms with Crippen molar-refractivity contribution in [1.29, 1.82) is 0 Å². The van der Waals surface area contributed by atoms with Crippen molar-refractivity contribution in [3.05, 3.63) is 40.4 Å². The first-order chi connectivity index (χ1) is 8.25. The van der Waals surface area contributed by atoms with Crippen molar-refractivity contribution < 1.29 is 4.74 Å². The van der Waals surface area contributed by atoms with Gasteiger partial charge in [-0.25, -0.2) is 0 Å². The van der Waals surface area contributed by atoms with Gasteiger partial charge in [0.1, 0.15) is 11.9 Å². The molecule has 2 nitrogen and oxygen atoms in total. The summed E-state index contributed by atoms with van der Waals surface area (Å²) in [4.78, 5) is 0. The Balaban J connectivity index is 2.14. The number of benzene rings is 2. The van der Waals surface area contributed by atoms with Crippen molar-refractivity contribution in [2.45, 2.75) is 6.10 Å². The van der Waals surface area contributed by atoms with E-state index in [0.29, 0.717) is 10.0 Å². The van der Waals surface area contributed by atoms with Crippen molar-refractivity contribution in [3.8, 4) is 5.75 Å². The molecule has 0 saturated carbocycles. The first-order valence-corrected chi connectivity index (χ1v) is 6.25. The molecule has 0 amide bonds. The van der Waals surface area contributed by atoms with Gasteiger partial charge in [-0.1, -0.05) is 47.5 Å². The second-order valence-electron chi connectivity index (χ2n) is 4.11. The fourth-order valence-electron chi connectivity index (χ4n) is 1.90. The van der Waals surface area contributed by atoms with Crippen LogP contribution in [-0.4, -0.2) is 19.2 Å². The van der Waals surface area contributed by atoms with Gasteiger partial charge in [-0.3, -0.25) is 0 Å². The van der Waals surface area contributed by atoms with Gasteiger partial charge >= 0.3 is 0 Å². The van der Waals surface area contributed by atoms with Gasteiger partial charge in [0.05, 0.1) is 10.0 Å². The second kappa shape index (κ2) is 4.37. The highest BCUT2D eigenvalue weighted by Crippen LogP contribution is 2.38. The summed E-state index contributed by atoms with van der Waals surface area (Å²) in [5.41, 5.74) is 0. The van der Waals surface area contributed by atoms with E-state index < -0.39 is 0 Å². The van der Waals surface area contributed by atoms with Crippen molar-refractivity contribution in [1.82, 2.24) is 5.32 Å². The number of nitrogens with one attached hydrogen (secondary N) is 1. The molecule has 1 fully saturated rings. The minimum absolute atomic E-state index is 0.206. The molecular weight excluding hydrogens is 257 g/mol. The van der Waals surface area contributed by atoms with Gasteiger partial charge in [-0.05, 0) is 6.07 Å². The molecule has 0 atom stereocenters. The predicted molar refractivity (Wildman–Crippen MR) is 71.3 cm³/mol. The van der Waals surface area contributed by atoms with E-state index in [9.17, 15) is 0 Å². The van der Waals surface area contributed by atoms with Crippen LogP contribution in [0, 0.1) is 0 Å². The molecule has 0 bridgehead atoms. The maximum absolute atomic E-state index is 6.20. The zero-order valence-corrected chi connectivity index (χ0v) is 10.6. The quantitative estimate of drug-likeness (QED) is 0.900. The maximum Gasteiger partial charge on any atom is 0.146 e. The second-order valence-corrected chi connectivity index (χ2v) is 4.93. The highest BCUT2D eigenvalue weighted by Gasteiger charge is 2.21. The fourth-order valence-corrected chi connectivity index (χ4v) is 2.49. The van der Waals surface area contributed by atoms with Gasteiger partial charge in [0.2, 0.25) is 0 Å². The van der Waals surface area contributed by atoms with Crippen LogP contribution in [-0.2, 0) is 0 Å². The smallest absolute Gasteiger partial charge is 0.146 e. The summed E-state index contributed by atoms with van der Waals surface area (Å²) in [7, 11) is 0. The lowest BCUT2D eigenvalue weighted by Gasteiger charge is -2.28. The Kier molecular flexibility index (Phi) is 2.87. The average molecular weight is 268 g/mol. The molecule has 2 aromatic rings. The van der Waals surface area contributed by atoms with Gasteiger partial charge in [0.25, 0.3) is 0 Å². The van der Waals surface area contributed by atoms with E-state index in [1.165, 1.54) is 0 Å². The Labute approximate surface area is 109 Å². The lowest BCUT2D eigenvalue weighted by molar-refractivity contribution is 0.144. The topological polar surface area (TPSA) is 21.3 Å². The molecular formula is C13H11Cl2NO. The summed E-state index contributed by atoms with van der Waals surface area (Å²) < 4.78 is 5.90. The molecule has 88 valence electrons. The van der Waals surface area contributed by atoms with Crippen LogP contribution in [0.4, 0.5) is 0 Å². The Hall–Kier alpha value is -0.960. The van der Waals surface area contributed by atoms with Gasteiger partial charge in [-0.2, -0.15) is 0 Å². The Morgan fingerprint density at radius 1 is 1.06 bits per heavy atom. The summed E-state index contributed by atoms with van der Waals surface area (Å²) >= 11 is 12.4. The number of hydrogen-bond acceptors (Lipinski definition) is 2. The summed E-state index contributed by atoms with van der Waals surface area (Å²) in [6, 6.07) is 9.61. The molecule has 3 rings (SSSR count). The van der Waals surface area contributed by atoms with Crippen LogP contribution in [0.1, 0.15) is 0 Å². The van der Waals surface area contributed by atoms with Gasteiger partial charge in [-0.15, -0.1) is 0 Å². The maximum atomic E-state index is 6.20. The van der Waals surface area contributed by atoms with E-state index in [1.54, 1.807) is 6.07 Å². The molecule has 1 aliphatic rings. The molecule has 1 heterocycles. The number of ether oxygens (including phenoxy) is 1. The number of fused-ring (bicyclic) bond motifs is 1. The fraction of sp³-hybridized carbons (Fsp3) is 0.231. The highest BCUT2D eigenvalue weighted by molar-refractivity contribution is 6.39. The summed E-state index contributed by atoms with van der Waals surface area (Å²) in [6.07, 6.45) is 0.206. The predicted octanol–water partition coefficient (Wildman–Crippen LogP) is 3.50. The average Bonchev–Trinajstić information content (AvgIpc) is 2.26. The lowest BCUT2D eigenvalue weighted by Crippen LogP contribution is -2.50. The van der Waals surface area contributed by atoms with Crippen molar-refractivity contribution in [3.63, 3.8) is 0 Å². The van der Waals surface area contributed by atoms with Crippen LogP contribution >= 0.6 is 23.2 Å². The van der Waals surface area contributed by atoms with Crippen LogP contribution in [0.5, 0.6) is 5.75 Å². The number of rotatable bonds is 2. The molecule has 1 saturated heterocycles. The van der Waals surface area contributed by atoms with Gasteiger partial charge < -0.3 is 10.1 Å². The first-order valence-electron chi connectivity index (χ1n) is 5.50. The van der Waals surface area contributed by atoms with Crippen molar-refractivity contribution in [2.75, 3.05) is 13.1 Å². The van der Waals surface area contributed by atoms with E-state index in [1.807, 2.05) is 24.3 Å². The van der Waals surface area contributed by atoms with Gasteiger partial charge in [0.15, 0.2) is 0 Å². The van der Waals surface area contributed by atoms with E-state index >= 15 is 0 Å². The summed E-state index contributed by atoms with van der Waals surface area (Å²) in [5, 5.41) is 6.34. The first kappa shape index (κ1) is 11.1. The largest absolute Gasteiger partial charge is 0.486 e. The molecule has 0 aromatic heterocycles. The van der Waals surface area contributed by atoms with E-state index in [-0.39, 0.29) is 6.10 Å². The normalized spacial score (nSPS) is 15.9. The number of hydrogen-bond donors (Lipinski definition) is 1. The Morgan fingerprint density at radius 2 is 1.76 bits per heavy atom. The minimum Gasteiger partial charge on any atom is -0.486 e. The summed E-state index contributed by atoms with van der Waals surface area (Å²) in [6.45, 7) is 1.74. The van der Waals surface area contributed by atoms with Crippen molar-refractivity contribution in [2.24, 2.45) is 0 Å². The standard InChI is InChI=1S/C13H11Cl2NO/c14-11-5-12(15)13(17-8-6-16-7-8)10-4-2-1-3-9(10)11/h1-5,8,16H,6-7H2. The molecule has 0 aliphatic carbocycles. The summed E-state index contributed by atoms with van der Waals surface area (Å²) in [5.74, 6) is 0.734. The molecule has 0 radical (unpaired) electrons. The zero-order valence-electron chi connectivity index (χ0n) is 9.04. The molecule has 17 heavy (non-hydrogen) atoms. The Morgan fingerprint density at radius 3 is 2.41 bits per heavy atom. The zero-order chi connectivity index (χ0) is 11.8. The van der Waals surface area contributed by atoms with Crippen LogP contribution in [0.2, 0.25) is 10.0 Å². The lowest BCUT2D eigenvalue weighted by atomic mass is 10.1. The molecule has 1 N–H and O–H groups in total. The molecule has 2 aromatic carbocycles. The van der Waals surface area contributed by atoms with Gasteiger partial charge in [0, 0.05) is 23.9 Å². The van der Waals surface area contributed by atoms with Crippen LogP contribution in [0.15, 0.2) is 30.3 Å². The SMILES string of the molecule is Clc1cc(Cl)c2ccccc2c1OC1CNC1. The Bertz CT molecular complexity index is 567. The molecule has 4 heteroatoms. The van der Waals surface area contributed by atoms with E-state index in [4.69, 9.17) is 27.9 Å². The van der Waals surface area contributed by atoms with Crippen LogP contribution < -0.4 is 10.1 Å². The van der Waals surface area contributed by atoms with Crippen LogP contribution in [0.25, 0.3) is 10.8 Å². The minimum atomic E-state index is 0.206. The molecule has 0 unspecified atom stereocenters. The third-order valence-corrected chi connectivity index (χ3v) is 3.52. The van der Waals surface area contributed by atoms with E-state index in [2.05, 4.69) is 5.32 Å². The van der Waals surface area contributed by atoms with Crippen LogP contribution in [0.3, 0.4) is 0 Å². The van der Waals surface area contributed by atoms with E-state index in [0.717, 1.165) is 29.6 Å². The van der Waals surface area contributed by atoms with Crippen molar-refractivity contribution >= 4 is 34.0 Å².